The molecule has 0 saturated carbocycles. The number of aliphatic carboxylic acids is 1. The number of hydrogen-bond acceptors (Lipinski definition) is 4. The van der Waals surface area contributed by atoms with Gasteiger partial charge in [-0.1, -0.05) is 0 Å². The number of carboxylic acid groups (broad SMARTS) is 1. The van der Waals surface area contributed by atoms with Gasteiger partial charge in [-0.3, -0.25) is 4.79 Å². The van der Waals surface area contributed by atoms with Crippen LogP contribution in [0.25, 0.3) is 0 Å². The highest BCUT2D eigenvalue weighted by atomic mass is 32.2. The van der Waals surface area contributed by atoms with Gasteiger partial charge < -0.3 is 9.84 Å². The Bertz CT molecular complexity index is 388. The Morgan fingerprint density at radius 2 is 1.87 bits per heavy atom. The van der Waals surface area contributed by atoms with Crippen molar-refractivity contribution >= 4 is 21.6 Å². The van der Waals surface area contributed by atoms with Crippen molar-refractivity contribution in [1.82, 2.24) is 0 Å². The maximum absolute atomic E-state index is 11.4. The molecule has 1 fully saturated rings. The summed E-state index contributed by atoms with van der Waals surface area (Å²) in [5.41, 5.74) is 0. The number of rotatable bonds is 2. The SMILES string of the molecule is CS(C)(=O)=NC(=O)C1CCC(C(=O)O)O1. The van der Waals surface area contributed by atoms with Gasteiger partial charge in [-0.15, -0.1) is 0 Å². The number of ether oxygens (including phenoxy) is 1. The predicted octanol–water partition coefficient (Wildman–Crippen LogP) is -0.127. The van der Waals surface area contributed by atoms with Gasteiger partial charge in [0.1, 0.15) is 6.10 Å². The number of hydrogen-bond donors (Lipinski definition) is 1. The van der Waals surface area contributed by atoms with Crippen LogP contribution in [-0.4, -0.2) is 45.9 Å². The fourth-order valence-corrected chi connectivity index (χ4v) is 1.83. The van der Waals surface area contributed by atoms with Gasteiger partial charge in [0.2, 0.25) is 0 Å². The Balaban J connectivity index is 2.67. The highest BCUT2D eigenvalue weighted by molar-refractivity contribution is 7.92. The zero-order chi connectivity index (χ0) is 11.6. The Kier molecular flexibility index (Phi) is 3.46. The molecule has 1 saturated heterocycles. The molecule has 2 unspecified atom stereocenters. The first-order chi connectivity index (χ1) is 6.79. The first-order valence-corrected chi connectivity index (χ1v) is 6.72. The highest BCUT2D eigenvalue weighted by Gasteiger charge is 2.34. The molecule has 15 heavy (non-hydrogen) atoms. The number of carboxylic acids is 1. The van der Waals surface area contributed by atoms with Crippen molar-refractivity contribution in [2.24, 2.45) is 4.36 Å². The standard InChI is InChI=1S/C8H13NO5S/c1-15(2,13)9-7(10)5-3-4-6(14-5)8(11)12/h5-6H,3-4H2,1-2H3,(H,11,12). The van der Waals surface area contributed by atoms with Gasteiger partial charge in [-0.25, -0.2) is 9.00 Å². The number of carbonyl (C=O) groups excluding carboxylic acids is 1. The van der Waals surface area contributed by atoms with E-state index in [-0.39, 0.29) is 6.42 Å². The van der Waals surface area contributed by atoms with E-state index < -0.39 is 33.8 Å². The quantitative estimate of drug-likeness (QED) is 0.719. The van der Waals surface area contributed by atoms with Gasteiger partial charge in [0.25, 0.3) is 5.91 Å². The predicted molar refractivity (Wildman–Crippen MR) is 53.0 cm³/mol. The smallest absolute Gasteiger partial charge is 0.332 e. The molecule has 0 radical (unpaired) electrons. The van der Waals surface area contributed by atoms with Crippen molar-refractivity contribution in [2.45, 2.75) is 25.0 Å². The molecule has 2 atom stereocenters. The fourth-order valence-electron chi connectivity index (χ4n) is 1.28. The molecule has 86 valence electrons. The third-order valence-electron chi connectivity index (χ3n) is 1.88. The molecular weight excluding hydrogens is 222 g/mol. The van der Waals surface area contributed by atoms with Crippen LogP contribution >= 0.6 is 0 Å². The van der Waals surface area contributed by atoms with Crippen LogP contribution in [0.15, 0.2) is 4.36 Å². The van der Waals surface area contributed by atoms with Crippen molar-refractivity contribution in [2.75, 3.05) is 12.5 Å². The van der Waals surface area contributed by atoms with Crippen molar-refractivity contribution in [3.63, 3.8) is 0 Å². The second-order valence-corrected chi connectivity index (χ2v) is 6.18. The second kappa shape index (κ2) is 4.28. The van der Waals surface area contributed by atoms with Crippen LogP contribution < -0.4 is 0 Å². The molecule has 0 aromatic carbocycles. The van der Waals surface area contributed by atoms with E-state index in [2.05, 4.69) is 4.36 Å². The van der Waals surface area contributed by atoms with Gasteiger partial charge in [0.15, 0.2) is 6.10 Å². The summed E-state index contributed by atoms with van der Waals surface area (Å²) in [6.45, 7) is 0. The average molecular weight is 235 g/mol. The summed E-state index contributed by atoms with van der Waals surface area (Å²) >= 11 is 0. The maximum Gasteiger partial charge on any atom is 0.332 e. The van der Waals surface area contributed by atoms with E-state index in [1.165, 1.54) is 12.5 Å². The van der Waals surface area contributed by atoms with Gasteiger partial charge in [0, 0.05) is 22.2 Å². The minimum atomic E-state index is -2.50. The summed E-state index contributed by atoms with van der Waals surface area (Å²) in [5.74, 6) is -1.72. The molecule has 0 aromatic rings. The molecule has 7 heteroatoms. The molecule has 0 aromatic heterocycles. The third-order valence-corrected chi connectivity index (χ3v) is 2.50. The van der Waals surface area contributed by atoms with E-state index in [9.17, 15) is 13.8 Å². The van der Waals surface area contributed by atoms with E-state index in [4.69, 9.17) is 9.84 Å². The third kappa shape index (κ3) is 3.60. The normalized spacial score (nSPS) is 26.3. The first kappa shape index (κ1) is 12.1. The summed E-state index contributed by atoms with van der Waals surface area (Å²) in [4.78, 5) is 21.9. The van der Waals surface area contributed by atoms with Crippen LogP contribution in [0.1, 0.15) is 12.8 Å². The summed E-state index contributed by atoms with van der Waals surface area (Å²) < 4.78 is 19.6. The summed E-state index contributed by atoms with van der Waals surface area (Å²) in [6.07, 6.45) is 1.49. The van der Waals surface area contributed by atoms with Crippen molar-refractivity contribution < 1.29 is 23.6 Å². The first-order valence-electron chi connectivity index (χ1n) is 4.39. The van der Waals surface area contributed by atoms with E-state index in [1.807, 2.05) is 0 Å². The van der Waals surface area contributed by atoms with Crippen LogP contribution in [0.3, 0.4) is 0 Å². The second-order valence-electron chi connectivity index (χ2n) is 3.64. The molecule has 0 aliphatic carbocycles. The Morgan fingerprint density at radius 3 is 2.27 bits per heavy atom. The average Bonchev–Trinajstić information content (AvgIpc) is 2.47. The van der Waals surface area contributed by atoms with Gasteiger partial charge in [-0.2, -0.15) is 4.36 Å². The molecule has 1 amide bonds. The molecule has 0 bridgehead atoms. The number of carbonyl (C=O) groups is 2. The zero-order valence-corrected chi connectivity index (χ0v) is 9.32. The van der Waals surface area contributed by atoms with Crippen LogP contribution in [0.4, 0.5) is 0 Å². The number of nitrogens with zero attached hydrogens (tertiary/aromatic N) is 1. The van der Waals surface area contributed by atoms with Crippen LogP contribution in [0.2, 0.25) is 0 Å². The molecule has 1 aliphatic rings. The minimum absolute atomic E-state index is 0.288. The monoisotopic (exact) mass is 235 g/mol. The largest absolute Gasteiger partial charge is 0.479 e. The lowest BCUT2D eigenvalue weighted by Gasteiger charge is -2.06. The van der Waals surface area contributed by atoms with E-state index in [0.717, 1.165) is 0 Å². The molecular formula is C8H13NO5S. The van der Waals surface area contributed by atoms with Crippen LogP contribution in [0.5, 0.6) is 0 Å². The lowest BCUT2D eigenvalue weighted by molar-refractivity contribution is -0.151. The zero-order valence-electron chi connectivity index (χ0n) is 8.50. The van der Waals surface area contributed by atoms with Crippen LogP contribution in [-0.2, 0) is 24.1 Å². The van der Waals surface area contributed by atoms with Gasteiger partial charge in [0.05, 0.1) is 0 Å². The van der Waals surface area contributed by atoms with E-state index in [0.29, 0.717) is 6.42 Å². The van der Waals surface area contributed by atoms with Crippen molar-refractivity contribution in [1.29, 1.82) is 0 Å². The topological polar surface area (TPSA) is 93.0 Å². The molecule has 0 spiro atoms. The summed E-state index contributed by atoms with van der Waals surface area (Å²) in [7, 11) is -2.50. The minimum Gasteiger partial charge on any atom is -0.479 e. The van der Waals surface area contributed by atoms with Crippen LogP contribution in [0, 0.1) is 0 Å². The molecule has 1 heterocycles. The summed E-state index contributed by atoms with van der Waals surface area (Å²) in [6, 6.07) is 0. The summed E-state index contributed by atoms with van der Waals surface area (Å²) in [5, 5.41) is 8.62. The Morgan fingerprint density at radius 1 is 1.33 bits per heavy atom. The molecule has 1 aliphatic heterocycles. The highest BCUT2D eigenvalue weighted by Crippen LogP contribution is 2.21. The molecule has 6 nitrogen and oxygen atoms in total. The Labute approximate surface area is 87.8 Å². The lowest BCUT2D eigenvalue weighted by atomic mass is 10.2. The van der Waals surface area contributed by atoms with Crippen molar-refractivity contribution in [3.8, 4) is 0 Å². The van der Waals surface area contributed by atoms with Crippen molar-refractivity contribution in [3.05, 3.63) is 0 Å². The van der Waals surface area contributed by atoms with Gasteiger partial charge >= 0.3 is 5.97 Å². The van der Waals surface area contributed by atoms with E-state index >= 15 is 0 Å². The maximum atomic E-state index is 11.4. The lowest BCUT2D eigenvalue weighted by Crippen LogP contribution is -2.24. The molecule has 1 N–H and O–H groups in total. The molecule has 1 rings (SSSR count). The number of amides is 1. The van der Waals surface area contributed by atoms with E-state index in [1.54, 1.807) is 0 Å². The Hall–Kier alpha value is -0.950. The fraction of sp³-hybridized carbons (Fsp3) is 0.750. The van der Waals surface area contributed by atoms with Gasteiger partial charge in [-0.05, 0) is 12.8 Å².